The van der Waals surface area contributed by atoms with Crippen LogP contribution in [0.4, 0.5) is 0 Å². The summed E-state index contributed by atoms with van der Waals surface area (Å²) in [5.74, 6) is 0. The number of nitriles is 2. The Hall–Kier alpha value is -2.60. The van der Waals surface area contributed by atoms with E-state index in [2.05, 4.69) is 0 Å². The Morgan fingerprint density at radius 1 is 1.47 bits per heavy atom. The van der Waals surface area contributed by atoms with Crippen LogP contribution in [-0.2, 0) is 7.05 Å². The number of H-pyrrole nitrogens is 1. The van der Waals surface area contributed by atoms with Crippen molar-refractivity contribution in [2.75, 3.05) is 0 Å². The molecule has 6 nitrogen and oxygen atoms in total. The van der Waals surface area contributed by atoms with E-state index in [1.165, 1.54) is 13.2 Å². The predicted molar refractivity (Wildman–Crippen MR) is 51.5 cm³/mol. The van der Waals surface area contributed by atoms with Gasteiger partial charge in [0.1, 0.15) is 17.7 Å². The molecule has 0 saturated carbocycles. The summed E-state index contributed by atoms with van der Waals surface area (Å²) in [5, 5.41) is 17.0. The molecule has 0 radical (unpaired) electrons. The fourth-order valence-corrected chi connectivity index (χ4v) is 0.931. The molecule has 0 aliphatic carbocycles. The number of hydrogen-bond donors (Lipinski definition) is 1. The highest BCUT2D eigenvalue weighted by atomic mass is 16.2. The Balaban J connectivity index is 3.44. The van der Waals surface area contributed by atoms with E-state index in [1.54, 1.807) is 12.1 Å². The molecule has 15 heavy (non-hydrogen) atoms. The van der Waals surface area contributed by atoms with Crippen molar-refractivity contribution < 1.29 is 0 Å². The van der Waals surface area contributed by atoms with E-state index in [9.17, 15) is 9.59 Å². The standard InChI is InChI=1S/C9H6N4O2/c1-13-5-7(2-6(3-10)4-11)8(14)12-9(13)15/h2,5H,1H3,(H,12,14,15). The maximum Gasteiger partial charge on any atom is 0.328 e. The van der Waals surface area contributed by atoms with Gasteiger partial charge in [0, 0.05) is 13.2 Å². The highest BCUT2D eigenvalue weighted by molar-refractivity contribution is 5.60. The minimum absolute atomic E-state index is 0.0928. The molecule has 0 aliphatic heterocycles. The molecule has 1 N–H and O–H groups in total. The molecule has 1 heterocycles. The summed E-state index contributed by atoms with van der Waals surface area (Å²) in [6.07, 6.45) is 2.38. The second-order valence-corrected chi connectivity index (χ2v) is 2.74. The number of rotatable bonds is 1. The molecule has 0 atom stereocenters. The zero-order valence-corrected chi connectivity index (χ0v) is 7.81. The lowest BCUT2D eigenvalue weighted by atomic mass is 10.2. The van der Waals surface area contributed by atoms with Gasteiger partial charge in [0.15, 0.2) is 0 Å². The van der Waals surface area contributed by atoms with Gasteiger partial charge < -0.3 is 4.57 Å². The van der Waals surface area contributed by atoms with Gasteiger partial charge in [0.2, 0.25) is 0 Å². The van der Waals surface area contributed by atoms with E-state index >= 15 is 0 Å². The topological polar surface area (TPSA) is 102 Å². The quantitative estimate of drug-likeness (QED) is 0.620. The van der Waals surface area contributed by atoms with Crippen molar-refractivity contribution in [2.24, 2.45) is 7.05 Å². The minimum atomic E-state index is -0.624. The van der Waals surface area contributed by atoms with Gasteiger partial charge in [0.25, 0.3) is 5.56 Å². The lowest BCUT2D eigenvalue weighted by molar-refractivity contribution is 0.796. The van der Waals surface area contributed by atoms with Gasteiger partial charge >= 0.3 is 5.69 Å². The van der Waals surface area contributed by atoms with Crippen LogP contribution in [-0.4, -0.2) is 9.55 Å². The lowest BCUT2D eigenvalue weighted by Gasteiger charge is -1.96. The van der Waals surface area contributed by atoms with Crippen LogP contribution >= 0.6 is 0 Å². The van der Waals surface area contributed by atoms with Crippen molar-refractivity contribution >= 4 is 6.08 Å². The molecule has 0 unspecified atom stereocenters. The molecule has 0 amide bonds. The smallest absolute Gasteiger partial charge is 0.303 e. The van der Waals surface area contributed by atoms with Crippen molar-refractivity contribution in [1.29, 1.82) is 10.5 Å². The fraction of sp³-hybridized carbons (Fsp3) is 0.111. The largest absolute Gasteiger partial charge is 0.328 e. The van der Waals surface area contributed by atoms with Gasteiger partial charge in [0.05, 0.1) is 5.56 Å². The fourth-order valence-electron chi connectivity index (χ4n) is 0.931. The van der Waals surface area contributed by atoms with Crippen LogP contribution in [0.25, 0.3) is 6.08 Å². The first-order valence-corrected chi connectivity index (χ1v) is 3.90. The maximum absolute atomic E-state index is 11.2. The number of allylic oxidation sites excluding steroid dienone is 1. The monoisotopic (exact) mass is 202 g/mol. The summed E-state index contributed by atoms with van der Waals surface area (Å²) in [4.78, 5) is 24.2. The molecule has 0 aromatic carbocycles. The van der Waals surface area contributed by atoms with Crippen molar-refractivity contribution in [1.82, 2.24) is 9.55 Å². The number of aryl methyl sites for hydroxylation is 1. The van der Waals surface area contributed by atoms with Crippen molar-refractivity contribution in [3.63, 3.8) is 0 Å². The minimum Gasteiger partial charge on any atom is -0.303 e. The first kappa shape index (κ1) is 10.5. The molecule has 0 saturated heterocycles. The Labute approximate surface area is 84.3 Å². The number of nitrogens with zero attached hydrogens (tertiary/aromatic N) is 3. The molecule has 1 rings (SSSR count). The van der Waals surface area contributed by atoms with Crippen molar-refractivity contribution in [2.45, 2.75) is 0 Å². The van der Waals surface area contributed by atoms with Crippen LogP contribution in [0.3, 0.4) is 0 Å². The molecule has 0 fully saturated rings. The molecule has 6 heteroatoms. The van der Waals surface area contributed by atoms with Gasteiger partial charge in [-0.25, -0.2) is 4.79 Å². The molecule has 0 spiro atoms. The van der Waals surface area contributed by atoms with E-state index in [0.29, 0.717) is 0 Å². The third kappa shape index (κ3) is 2.20. The third-order valence-electron chi connectivity index (χ3n) is 1.68. The average Bonchev–Trinajstić information content (AvgIpc) is 2.21. The molecule has 0 aliphatic rings. The summed E-state index contributed by atoms with van der Waals surface area (Å²) in [5.41, 5.74) is -1.27. The van der Waals surface area contributed by atoms with E-state index in [1.807, 2.05) is 4.98 Å². The highest BCUT2D eigenvalue weighted by Crippen LogP contribution is 1.97. The second-order valence-electron chi connectivity index (χ2n) is 2.74. The molecule has 1 aromatic rings. The van der Waals surface area contributed by atoms with E-state index in [0.717, 1.165) is 10.6 Å². The Morgan fingerprint density at radius 3 is 2.60 bits per heavy atom. The summed E-state index contributed by atoms with van der Waals surface area (Å²) in [6.45, 7) is 0. The van der Waals surface area contributed by atoms with E-state index in [4.69, 9.17) is 10.5 Å². The van der Waals surface area contributed by atoms with Crippen LogP contribution < -0.4 is 11.2 Å². The zero-order chi connectivity index (χ0) is 11.4. The first-order chi connectivity index (χ1) is 7.08. The Kier molecular flexibility index (Phi) is 2.85. The summed E-state index contributed by atoms with van der Waals surface area (Å²) in [6, 6.07) is 3.24. The van der Waals surface area contributed by atoms with Crippen molar-refractivity contribution in [3.05, 3.63) is 38.2 Å². The second kappa shape index (κ2) is 4.07. The summed E-state index contributed by atoms with van der Waals surface area (Å²) < 4.78 is 1.15. The number of aromatic nitrogens is 2. The van der Waals surface area contributed by atoms with Crippen LogP contribution in [0.15, 0.2) is 21.4 Å². The molecule has 0 bridgehead atoms. The van der Waals surface area contributed by atoms with Gasteiger partial charge in [-0.1, -0.05) is 0 Å². The third-order valence-corrected chi connectivity index (χ3v) is 1.68. The van der Waals surface area contributed by atoms with Crippen LogP contribution in [0.1, 0.15) is 5.56 Å². The first-order valence-electron chi connectivity index (χ1n) is 3.90. The number of hydrogen-bond acceptors (Lipinski definition) is 4. The average molecular weight is 202 g/mol. The van der Waals surface area contributed by atoms with Gasteiger partial charge in [-0.15, -0.1) is 0 Å². The van der Waals surface area contributed by atoms with Gasteiger partial charge in [-0.3, -0.25) is 9.78 Å². The maximum atomic E-state index is 11.2. The van der Waals surface area contributed by atoms with Crippen LogP contribution in [0.5, 0.6) is 0 Å². The molecule has 74 valence electrons. The molecule has 1 aromatic heterocycles. The predicted octanol–water partition coefficient (Wildman–Crippen LogP) is -0.496. The number of aromatic amines is 1. The number of nitrogens with one attached hydrogen (secondary N) is 1. The normalized spacial score (nSPS) is 8.73. The lowest BCUT2D eigenvalue weighted by Crippen LogP contribution is -2.28. The van der Waals surface area contributed by atoms with E-state index in [-0.39, 0.29) is 11.1 Å². The zero-order valence-electron chi connectivity index (χ0n) is 7.81. The van der Waals surface area contributed by atoms with Crippen molar-refractivity contribution in [3.8, 4) is 12.1 Å². The highest BCUT2D eigenvalue weighted by Gasteiger charge is 2.01. The van der Waals surface area contributed by atoms with Crippen LogP contribution in [0.2, 0.25) is 0 Å². The molecular formula is C9H6N4O2. The SMILES string of the molecule is Cn1cc(C=C(C#N)C#N)c(=O)[nH]c1=O. The summed E-state index contributed by atoms with van der Waals surface area (Å²) >= 11 is 0. The van der Waals surface area contributed by atoms with Gasteiger partial charge in [-0.05, 0) is 6.08 Å². The van der Waals surface area contributed by atoms with Crippen LogP contribution in [0, 0.1) is 22.7 Å². The summed E-state index contributed by atoms with van der Waals surface area (Å²) in [7, 11) is 1.45. The van der Waals surface area contributed by atoms with E-state index < -0.39 is 11.2 Å². The Bertz CT molecular complexity index is 591. The van der Waals surface area contributed by atoms with Gasteiger partial charge in [-0.2, -0.15) is 10.5 Å². The Morgan fingerprint density at radius 2 is 2.07 bits per heavy atom. The molecular weight excluding hydrogens is 196 g/mol.